The molecular formula is C19H20N6O2S. The van der Waals surface area contributed by atoms with E-state index >= 15 is 0 Å². The molecule has 8 nitrogen and oxygen atoms in total. The first kappa shape index (κ1) is 17.5. The summed E-state index contributed by atoms with van der Waals surface area (Å²) in [7, 11) is 0. The summed E-state index contributed by atoms with van der Waals surface area (Å²) in [6.07, 6.45) is 3.37. The van der Waals surface area contributed by atoms with Crippen molar-refractivity contribution in [1.82, 2.24) is 24.9 Å². The van der Waals surface area contributed by atoms with Gasteiger partial charge < -0.3 is 19.7 Å². The fourth-order valence-electron chi connectivity index (χ4n) is 3.29. The van der Waals surface area contributed by atoms with Crippen molar-refractivity contribution in [3.8, 4) is 11.4 Å². The molecule has 1 aliphatic rings. The first-order chi connectivity index (χ1) is 13.5. The molecule has 0 radical (unpaired) electrons. The summed E-state index contributed by atoms with van der Waals surface area (Å²) in [5.41, 5.74) is 2.24. The van der Waals surface area contributed by atoms with Gasteiger partial charge in [0, 0.05) is 29.7 Å². The number of aromatic amines is 1. The molecule has 1 saturated heterocycles. The Labute approximate surface area is 165 Å². The van der Waals surface area contributed by atoms with E-state index in [4.69, 9.17) is 14.7 Å². The number of ether oxygens (including phenoxy) is 1. The van der Waals surface area contributed by atoms with Crippen molar-refractivity contribution in [3.63, 3.8) is 0 Å². The Hall–Kier alpha value is -2.62. The maximum atomic E-state index is 10.5. The Bertz CT molecular complexity index is 1160. The predicted octanol–water partition coefficient (Wildman–Crippen LogP) is 2.69. The molecule has 5 rings (SSSR count). The van der Waals surface area contributed by atoms with Gasteiger partial charge in [-0.3, -0.25) is 0 Å². The van der Waals surface area contributed by atoms with Crippen LogP contribution in [-0.4, -0.2) is 56.3 Å². The Kier molecular flexibility index (Phi) is 4.04. The highest BCUT2D eigenvalue weighted by atomic mass is 32.1. The number of aromatic nitrogens is 5. The standard InChI is InChI=1S/C19H20N6O2S/c1-19(2,26)14-8-12-15(28-14)18(25-3-5-27-6-4-25)24-16(23-12)11-7-13-17(20-9-11)22-10-21-13/h7-10,26H,3-6H2,1-2H3,(H,20,21,22). The molecule has 0 bridgehead atoms. The van der Waals surface area contributed by atoms with E-state index in [1.54, 1.807) is 37.7 Å². The first-order valence-corrected chi connectivity index (χ1v) is 9.97. The number of thiophene rings is 1. The smallest absolute Gasteiger partial charge is 0.177 e. The van der Waals surface area contributed by atoms with Crippen LogP contribution in [0.25, 0.3) is 32.8 Å². The summed E-state index contributed by atoms with van der Waals surface area (Å²) >= 11 is 1.54. The topological polar surface area (TPSA) is 100 Å². The van der Waals surface area contributed by atoms with Crippen LogP contribution in [0.2, 0.25) is 0 Å². The largest absolute Gasteiger partial charge is 0.385 e. The molecule has 144 valence electrons. The third-order valence-corrected chi connectivity index (χ3v) is 6.23. The minimum absolute atomic E-state index is 0.609. The van der Waals surface area contributed by atoms with Gasteiger partial charge in [0.25, 0.3) is 0 Å². The summed E-state index contributed by atoms with van der Waals surface area (Å²) in [5, 5.41) is 10.5. The van der Waals surface area contributed by atoms with Crippen molar-refractivity contribution >= 4 is 38.5 Å². The molecule has 9 heteroatoms. The van der Waals surface area contributed by atoms with Crippen LogP contribution >= 0.6 is 11.3 Å². The first-order valence-electron chi connectivity index (χ1n) is 9.16. The van der Waals surface area contributed by atoms with Crippen LogP contribution in [0.5, 0.6) is 0 Å². The molecule has 0 amide bonds. The molecule has 0 aliphatic carbocycles. The Morgan fingerprint density at radius 1 is 1.18 bits per heavy atom. The van der Waals surface area contributed by atoms with Crippen molar-refractivity contribution in [2.24, 2.45) is 0 Å². The van der Waals surface area contributed by atoms with Crippen LogP contribution < -0.4 is 4.90 Å². The van der Waals surface area contributed by atoms with Crippen molar-refractivity contribution in [3.05, 3.63) is 29.5 Å². The lowest BCUT2D eigenvalue weighted by molar-refractivity contribution is 0.0826. The number of fused-ring (bicyclic) bond motifs is 2. The summed E-state index contributed by atoms with van der Waals surface area (Å²) in [6, 6.07) is 3.92. The number of imidazole rings is 1. The maximum Gasteiger partial charge on any atom is 0.177 e. The molecule has 2 N–H and O–H groups in total. The fraction of sp³-hybridized carbons (Fsp3) is 0.368. The highest BCUT2D eigenvalue weighted by Crippen LogP contribution is 2.38. The lowest BCUT2D eigenvalue weighted by atomic mass is 10.1. The molecule has 0 saturated carbocycles. The second kappa shape index (κ2) is 6.47. The molecule has 1 fully saturated rings. The average Bonchev–Trinajstić information content (AvgIpc) is 3.33. The zero-order valence-corrected chi connectivity index (χ0v) is 16.5. The van der Waals surface area contributed by atoms with E-state index in [9.17, 15) is 5.11 Å². The Morgan fingerprint density at radius 2 is 2.00 bits per heavy atom. The number of nitrogens with zero attached hydrogens (tertiary/aromatic N) is 5. The van der Waals surface area contributed by atoms with E-state index in [2.05, 4.69) is 19.9 Å². The van der Waals surface area contributed by atoms with E-state index in [1.165, 1.54) is 0 Å². The number of pyridine rings is 1. The van der Waals surface area contributed by atoms with E-state index in [1.807, 2.05) is 12.1 Å². The maximum absolute atomic E-state index is 10.5. The molecule has 0 unspecified atom stereocenters. The summed E-state index contributed by atoms with van der Waals surface area (Å²) in [6.45, 7) is 6.48. The monoisotopic (exact) mass is 396 g/mol. The molecule has 1 aliphatic heterocycles. The summed E-state index contributed by atoms with van der Waals surface area (Å²) < 4.78 is 6.49. The Balaban J connectivity index is 1.70. The SMILES string of the molecule is CC(C)(O)c1cc2nc(-c3cnc4nc[nH]c4c3)nc(N3CCOCC3)c2s1. The number of rotatable bonds is 3. The Morgan fingerprint density at radius 3 is 2.79 bits per heavy atom. The van der Waals surface area contributed by atoms with Gasteiger partial charge in [0.15, 0.2) is 17.3 Å². The third-order valence-electron chi connectivity index (χ3n) is 4.80. The van der Waals surface area contributed by atoms with Crippen LogP contribution in [0.4, 0.5) is 5.82 Å². The number of H-pyrrole nitrogens is 1. The van der Waals surface area contributed by atoms with Gasteiger partial charge in [-0.25, -0.2) is 19.9 Å². The molecule has 28 heavy (non-hydrogen) atoms. The molecule has 4 aromatic heterocycles. The minimum Gasteiger partial charge on any atom is -0.385 e. The molecule has 0 spiro atoms. The number of hydrogen-bond donors (Lipinski definition) is 2. The van der Waals surface area contributed by atoms with Gasteiger partial charge >= 0.3 is 0 Å². The number of anilines is 1. The highest BCUT2D eigenvalue weighted by Gasteiger charge is 2.24. The average molecular weight is 396 g/mol. The number of hydrogen-bond acceptors (Lipinski definition) is 8. The van der Waals surface area contributed by atoms with E-state index in [0.29, 0.717) is 24.7 Å². The minimum atomic E-state index is -0.926. The lowest BCUT2D eigenvalue weighted by Crippen LogP contribution is -2.36. The van der Waals surface area contributed by atoms with Gasteiger partial charge in [-0.1, -0.05) is 0 Å². The summed E-state index contributed by atoms with van der Waals surface area (Å²) in [4.78, 5) is 24.4. The van der Waals surface area contributed by atoms with Gasteiger partial charge in [0.1, 0.15) is 0 Å². The molecule has 0 atom stereocenters. The van der Waals surface area contributed by atoms with Crippen LogP contribution in [0.15, 0.2) is 24.7 Å². The zero-order valence-electron chi connectivity index (χ0n) is 15.6. The van der Waals surface area contributed by atoms with Gasteiger partial charge in [-0.05, 0) is 26.0 Å². The number of morpholine rings is 1. The normalized spacial score (nSPS) is 15.6. The van der Waals surface area contributed by atoms with Crippen LogP contribution in [0, 0.1) is 0 Å². The van der Waals surface area contributed by atoms with Gasteiger partial charge in [-0.15, -0.1) is 11.3 Å². The van der Waals surface area contributed by atoms with Crippen LogP contribution in [0.3, 0.4) is 0 Å². The van der Waals surface area contributed by atoms with E-state index < -0.39 is 5.60 Å². The number of nitrogens with one attached hydrogen (secondary N) is 1. The summed E-state index contributed by atoms with van der Waals surface area (Å²) in [5.74, 6) is 1.49. The zero-order chi connectivity index (χ0) is 19.3. The second-order valence-corrected chi connectivity index (χ2v) is 8.40. The molecule has 4 aromatic rings. The van der Waals surface area contributed by atoms with Crippen molar-refractivity contribution in [2.75, 3.05) is 31.2 Å². The van der Waals surface area contributed by atoms with Gasteiger partial charge in [0.2, 0.25) is 0 Å². The third kappa shape index (κ3) is 3.01. The highest BCUT2D eigenvalue weighted by molar-refractivity contribution is 7.19. The van der Waals surface area contributed by atoms with Crippen molar-refractivity contribution < 1.29 is 9.84 Å². The van der Waals surface area contributed by atoms with E-state index in [-0.39, 0.29) is 0 Å². The van der Waals surface area contributed by atoms with Crippen LogP contribution in [0.1, 0.15) is 18.7 Å². The fourth-order valence-corrected chi connectivity index (χ4v) is 4.40. The van der Waals surface area contributed by atoms with E-state index in [0.717, 1.165) is 45.1 Å². The quantitative estimate of drug-likeness (QED) is 0.549. The number of aliphatic hydroxyl groups is 1. The molecule has 0 aromatic carbocycles. The lowest BCUT2D eigenvalue weighted by Gasteiger charge is -2.28. The second-order valence-electron chi connectivity index (χ2n) is 7.35. The molecule has 5 heterocycles. The molecular weight excluding hydrogens is 376 g/mol. The van der Waals surface area contributed by atoms with Crippen molar-refractivity contribution in [2.45, 2.75) is 19.4 Å². The van der Waals surface area contributed by atoms with Gasteiger partial charge in [0.05, 0.1) is 40.9 Å². The van der Waals surface area contributed by atoms with Gasteiger partial charge in [-0.2, -0.15) is 0 Å². The van der Waals surface area contributed by atoms with Crippen LogP contribution in [-0.2, 0) is 10.3 Å². The van der Waals surface area contributed by atoms with Crippen molar-refractivity contribution in [1.29, 1.82) is 0 Å². The predicted molar refractivity (Wildman–Crippen MR) is 109 cm³/mol.